The first-order chi connectivity index (χ1) is 15.2. The Labute approximate surface area is 179 Å². The number of nitrogens with two attached hydrogens (primary N) is 1. The molecule has 5 N–H and O–H groups in total. The minimum absolute atomic E-state index is 0.270. The summed E-state index contributed by atoms with van der Waals surface area (Å²) in [6.07, 6.45) is 7.40. The Morgan fingerprint density at radius 2 is 1.97 bits per heavy atom. The van der Waals surface area contributed by atoms with Crippen LogP contribution >= 0.6 is 0 Å². The molecule has 0 aliphatic rings. The van der Waals surface area contributed by atoms with Crippen LogP contribution in [0.25, 0.3) is 21.8 Å². The number of nitrogens with one attached hydrogen (secondary N) is 3. The van der Waals surface area contributed by atoms with Gasteiger partial charge in [0.15, 0.2) is 0 Å². The third kappa shape index (κ3) is 3.90. The molecule has 0 aliphatic carbocycles. The summed E-state index contributed by atoms with van der Waals surface area (Å²) in [6, 6.07) is 14.6. The zero-order valence-corrected chi connectivity index (χ0v) is 17.3. The maximum Gasteiger partial charge on any atom is 0.221 e. The Morgan fingerprint density at radius 1 is 1.03 bits per heavy atom. The first kappa shape index (κ1) is 19.0. The first-order valence-electron chi connectivity index (χ1n) is 10.2. The predicted octanol–water partition coefficient (Wildman–Crippen LogP) is 4.28. The quantitative estimate of drug-likeness (QED) is 0.319. The summed E-state index contributed by atoms with van der Waals surface area (Å²) in [5.41, 5.74) is 11.5. The molecule has 0 unspecified atom stereocenters. The van der Waals surface area contributed by atoms with Crippen molar-refractivity contribution >= 4 is 33.6 Å². The van der Waals surface area contributed by atoms with E-state index in [1.807, 2.05) is 30.7 Å². The largest absolute Gasteiger partial charge is 0.497 e. The molecule has 0 bridgehead atoms. The van der Waals surface area contributed by atoms with Crippen molar-refractivity contribution in [2.45, 2.75) is 12.8 Å². The molecule has 156 valence electrons. The Kier molecular flexibility index (Phi) is 4.92. The molecular weight excluding hydrogens is 388 g/mol. The highest BCUT2D eigenvalue weighted by Gasteiger charge is 2.10. The topological polar surface area (TPSA) is 105 Å². The number of fused-ring (bicyclic) bond motifs is 2. The van der Waals surface area contributed by atoms with Gasteiger partial charge in [-0.15, -0.1) is 0 Å². The summed E-state index contributed by atoms with van der Waals surface area (Å²) in [4.78, 5) is 15.2. The molecule has 31 heavy (non-hydrogen) atoms. The molecule has 0 saturated carbocycles. The van der Waals surface area contributed by atoms with E-state index in [2.05, 4.69) is 55.6 Å². The van der Waals surface area contributed by atoms with Crippen LogP contribution in [0.4, 0.5) is 11.8 Å². The molecule has 2 aromatic carbocycles. The maximum absolute atomic E-state index is 5.87. The highest BCUT2D eigenvalue weighted by molar-refractivity contribution is 5.84. The number of nitrogens with zero attached hydrogens (tertiary/aromatic N) is 2. The van der Waals surface area contributed by atoms with E-state index >= 15 is 0 Å². The van der Waals surface area contributed by atoms with Crippen molar-refractivity contribution in [2.24, 2.45) is 0 Å². The van der Waals surface area contributed by atoms with Crippen LogP contribution in [0.5, 0.6) is 5.75 Å². The summed E-state index contributed by atoms with van der Waals surface area (Å²) in [5.74, 6) is 1.90. The molecule has 5 rings (SSSR count). The van der Waals surface area contributed by atoms with Crippen LogP contribution in [-0.2, 0) is 12.8 Å². The van der Waals surface area contributed by atoms with Crippen LogP contribution in [0.1, 0.15) is 16.7 Å². The van der Waals surface area contributed by atoms with Crippen LogP contribution in [0, 0.1) is 0 Å². The number of hydrogen-bond acceptors (Lipinski definition) is 5. The van der Waals surface area contributed by atoms with Crippen LogP contribution in [0.2, 0.25) is 0 Å². The predicted molar refractivity (Wildman–Crippen MR) is 125 cm³/mol. The lowest BCUT2D eigenvalue weighted by molar-refractivity contribution is 0.415. The Morgan fingerprint density at radius 3 is 2.87 bits per heavy atom. The highest BCUT2D eigenvalue weighted by atomic mass is 16.5. The summed E-state index contributed by atoms with van der Waals surface area (Å²) >= 11 is 0. The lowest BCUT2D eigenvalue weighted by Crippen LogP contribution is -2.11. The first-order valence-corrected chi connectivity index (χ1v) is 10.2. The van der Waals surface area contributed by atoms with Gasteiger partial charge in [0.25, 0.3) is 0 Å². The zero-order chi connectivity index (χ0) is 21.2. The van der Waals surface area contributed by atoms with E-state index in [1.54, 1.807) is 7.11 Å². The van der Waals surface area contributed by atoms with E-state index in [1.165, 1.54) is 21.9 Å². The smallest absolute Gasteiger partial charge is 0.221 e. The van der Waals surface area contributed by atoms with Crippen LogP contribution < -0.4 is 15.8 Å². The summed E-state index contributed by atoms with van der Waals surface area (Å²) in [7, 11) is 1.68. The standard InChI is InChI=1S/C24H24N6O/c1-31-19-3-4-20-17(13-28-22(20)12-19)7-9-27-23-18(14-29-24(25)30-23)11-15-2-5-21-16(10-15)6-8-26-21/h2-6,8,10,12-14,26,28H,7,9,11H2,1H3,(H3,25,27,29,30). The number of aromatic amines is 2. The normalized spacial score (nSPS) is 11.3. The van der Waals surface area contributed by atoms with Crippen molar-refractivity contribution in [2.75, 3.05) is 24.7 Å². The number of benzene rings is 2. The van der Waals surface area contributed by atoms with Gasteiger partial charge in [-0.25, -0.2) is 4.98 Å². The molecule has 0 aliphatic heterocycles. The second-order valence-electron chi connectivity index (χ2n) is 7.58. The van der Waals surface area contributed by atoms with Gasteiger partial charge in [0.05, 0.1) is 7.11 Å². The number of nitrogen functional groups attached to an aromatic ring is 1. The van der Waals surface area contributed by atoms with Gasteiger partial charge < -0.3 is 25.8 Å². The van der Waals surface area contributed by atoms with Crippen molar-refractivity contribution < 1.29 is 4.74 Å². The number of methoxy groups -OCH3 is 1. The van der Waals surface area contributed by atoms with Crippen molar-refractivity contribution in [3.05, 3.63) is 77.7 Å². The van der Waals surface area contributed by atoms with E-state index in [4.69, 9.17) is 10.5 Å². The summed E-state index contributed by atoms with van der Waals surface area (Å²) in [5, 5.41) is 5.85. The molecular formula is C24H24N6O. The van der Waals surface area contributed by atoms with Gasteiger partial charge >= 0.3 is 0 Å². The lowest BCUT2D eigenvalue weighted by atomic mass is 10.0. The minimum Gasteiger partial charge on any atom is -0.497 e. The SMILES string of the molecule is COc1ccc2c(CCNc3nc(N)ncc3Cc3ccc4[nH]ccc4c3)c[nH]c2c1. The maximum atomic E-state index is 5.87. The van der Waals surface area contributed by atoms with Crippen molar-refractivity contribution in [3.8, 4) is 5.75 Å². The molecule has 0 saturated heterocycles. The molecule has 0 spiro atoms. The van der Waals surface area contributed by atoms with E-state index in [0.717, 1.165) is 47.6 Å². The number of H-pyrrole nitrogens is 2. The minimum atomic E-state index is 0.270. The van der Waals surface area contributed by atoms with Gasteiger partial charge in [-0.2, -0.15) is 4.98 Å². The monoisotopic (exact) mass is 412 g/mol. The van der Waals surface area contributed by atoms with E-state index < -0.39 is 0 Å². The molecule has 0 radical (unpaired) electrons. The van der Waals surface area contributed by atoms with Crippen LogP contribution in [-0.4, -0.2) is 33.6 Å². The fourth-order valence-electron chi connectivity index (χ4n) is 3.95. The highest BCUT2D eigenvalue weighted by Crippen LogP contribution is 2.24. The molecule has 0 amide bonds. The lowest BCUT2D eigenvalue weighted by Gasteiger charge is -2.11. The van der Waals surface area contributed by atoms with Gasteiger partial charge in [0.2, 0.25) is 5.95 Å². The van der Waals surface area contributed by atoms with Crippen molar-refractivity contribution in [1.29, 1.82) is 0 Å². The van der Waals surface area contributed by atoms with Crippen LogP contribution in [0.15, 0.2) is 61.1 Å². The number of anilines is 2. The average molecular weight is 412 g/mol. The molecule has 3 aromatic heterocycles. The van der Waals surface area contributed by atoms with E-state index in [9.17, 15) is 0 Å². The average Bonchev–Trinajstić information content (AvgIpc) is 3.41. The van der Waals surface area contributed by atoms with Crippen LogP contribution in [0.3, 0.4) is 0 Å². The Hall–Kier alpha value is -4.00. The number of rotatable bonds is 7. The molecule has 5 aromatic rings. The fourth-order valence-corrected chi connectivity index (χ4v) is 3.95. The summed E-state index contributed by atoms with van der Waals surface area (Å²) in [6.45, 7) is 0.735. The van der Waals surface area contributed by atoms with Gasteiger partial charge in [0.1, 0.15) is 11.6 Å². The molecule has 0 fully saturated rings. The molecule has 3 heterocycles. The molecule has 0 atom stereocenters. The molecule has 7 nitrogen and oxygen atoms in total. The number of aromatic nitrogens is 4. The fraction of sp³-hybridized carbons (Fsp3) is 0.167. The number of hydrogen-bond donors (Lipinski definition) is 4. The number of ether oxygens (including phenoxy) is 1. The Balaban J connectivity index is 1.31. The third-order valence-corrected chi connectivity index (χ3v) is 5.56. The van der Waals surface area contributed by atoms with Gasteiger partial charge in [-0.05, 0) is 53.3 Å². The van der Waals surface area contributed by atoms with Gasteiger partial charge in [-0.3, -0.25) is 0 Å². The second-order valence-corrected chi connectivity index (χ2v) is 7.58. The zero-order valence-electron chi connectivity index (χ0n) is 17.3. The second kappa shape index (κ2) is 8.02. The Bertz CT molecular complexity index is 1350. The molecule has 7 heteroatoms. The van der Waals surface area contributed by atoms with Gasteiger partial charge in [0, 0.05) is 59.6 Å². The van der Waals surface area contributed by atoms with Crippen molar-refractivity contribution in [3.63, 3.8) is 0 Å². The third-order valence-electron chi connectivity index (χ3n) is 5.56. The van der Waals surface area contributed by atoms with Crippen molar-refractivity contribution in [1.82, 2.24) is 19.9 Å². The van der Waals surface area contributed by atoms with Gasteiger partial charge in [-0.1, -0.05) is 6.07 Å². The summed E-state index contributed by atoms with van der Waals surface area (Å²) < 4.78 is 5.30. The van der Waals surface area contributed by atoms with E-state index in [-0.39, 0.29) is 5.95 Å². The van der Waals surface area contributed by atoms with E-state index in [0.29, 0.717) is 0 Å².